The SMILES string of the molecule is CN(C(=O)C(=O)c1cc(F)ccc1F)c1ccccc1. The fourth-order valence-corrected chi connectivity index (χ4v) is 1.71. The predicted octanol–water partition coefficient (Wildman–Crippen LogP) is 2.81. The van der Waals surface area contributed by atoms with Crippen LogP contribution in [0.3, 0.4) is 0 Å². The molecule has 0 aliphatic heterocycles. The molecule has 0 atom stereocenters. The van der Waals surface area contributed by atoms with Crippen LogP contribution in [0.1, 0.15) is 10.4 Å². The molecule has 0 saturated heterocycles. The molecule has 1 amide bonds. The zero-order valence-electron chi connectivity index (χ0n) is 10.6. The van der Waals surface area contributed by atoms with E-state index >= 15 is 0 Å². The van der Waals surface area contributed by atoms with E-state index in [-0.39, 0.29) is 0 Å². The Bertz CT molecular complexity index is 656. The zero-order valence-corrected chi connectivity index (χ0v) is 10.6. The Kier molecular flexibility index (Phi) is 3.89. The summed E-state index contributed by atoms with van der Waals surface area (Å²) in [4.78, 5) is 25.0. The van der Waals surface area contributed by atoms with Gasteiger partial charge in [-0.05, 0) is 30.3 Å². The monoisotopic (exact) mass is 275 g/mol. The van der Waals surface area contributed by atoms with Crippen LogP contribution in [-0.2, 0) is 4.79 Å². The van der Waals surface area contributed by atoms with E-state index in [1.165, 1.54) is 7.05 Å². The first-order chi connectivity index (χ1) is 9.50. The second kappa shape index (κ2) is 5.61. The highest BCUT2D eigenvalue weighted by molar-refractivity contribution is 6.47. The molecule has 0 spiro atoms. The minimum Gasteiger partial charge on any atom is -0.309 e. The summed E-state index contributed by atoms with van der Waals surface area (Å²) in [6, 6.07) is 10.8. The molecule has 0 aromatic heterocycles. The maximum Gasteiger partial charge on any atom is 0.299 e. The minimum atomic E-state index is -1.09. The van der Waals surface area contributed by atoms with Crippen LogP contribution in [0.25, 0.3) is 0 Å². The molecular weight excluding hydrogens is 264 g/mol. The van der Waals surface area contributed by atoms with Gasteiger partial charge in [0.05, 0.1) is 5.56 Å². The molecule has 102 valence electrons. The van der Waals surface area contributed by atoms with Crippen LogP contribution < -0.4 is 4.90 Å². The van der Waals surface area contributed by atoms with Crippen molar-refractivity contribution in [3.63, 3.8) is 0 Å². The standard InChI is InChI=1S/C15H11F2NO2/c1-18(11-5-3-2-4-6-11)15(20)14(19)12-9-10(16)7-8-13(12)17/h2-9H,1H3. The van der Waals surface area contributed by atoms with E-state index in [2.05, 4.69) is 0 Å². The lowest BCUT2D eigenvalue weighted by Gasteiger charge is -2.16. The molecule has 3 nitrogen and oxygen atoms in total. The maximum atomic E-state index is 13.5. The number of amides is 1. The van der Waals surface area contributed by atoms with Crippen LogP contribution in [0.5, 0.6) is 0 Å². The number of anilines is 1. The van der Waals surface area contributed by atoms with Crippen LogP contribution >= 0.6 is 0 Å². The van der Waals surface area contributed by atoms with E-state index in [0.717, 1.165) is 17.0 Å². The predicted molar refractivity (Wildman–Crippen MR) is 70.5 cm³/mol. The van der Waals surface area contributed by atoms with Crippen molar-refractivity contribution in [3.05, 3.63) is 65.7 Å². The quantitative estimate of drug-likeness (QED) is 0.638. The highest BCUT2D eigenvalue weighted by atomic mass is 19.1. The van der Waals surface area contributed by atoms with Gasteiger partial charge in [0.25, 0.3) is 11.7 Å². The number of Topliss-reactive ketones (excluding diaryl/α,β-unsaturated/α-hetero) is 1. The van der Waals surface area contributed by atoms with Gasteiger partial charge in [-0.1, -0.05) is 18.2 Å². The number of likely N-dealkylation sites (N-methyl/N-ethyl adjacent to an activating group) is 1. The number of para-hydroxylation sites is 1. The van der Waals surface area contributed by atoms with Crippen molar-refractivity contribution in [3.8, 4) is 0 Å². The molecule has 5 heteroatoms. The third kappa shape index (κ3) is 2.71. The Morgan fingerprint density at radius 1 is 1.00 bits per heavy atom. The number of rotatable bonds is 3. The lowest BCUT2D eigenvalue weighted by Crippen LogP contribution is -2.33. The smallest absolute Gasteiger partial charge is 0.299 e. The molecule has 0 saturated carbocycles. The lowest BCUT2D eigenvalue weighted by atomic mass is 10.1. The molecule has 0 aliphatic rings. The molecule has 0 unspecified atom stereocenters. The average Bonchev–Trinajstić information content (AvgIpc) is 2.48. The second-order valence-electron chi connectivity index (χ2n) is 4.15. The number of hydrogen-bond acceptors (Lipinski definition) is 2. The first-order valence-electron chi connectivity index (χ1n) is 5.83. The van der Waals surface area contributed by atoms with Gasteiger partial charge >= 0.3 is 0 Å². The first kappa shape index (κ1) is 13.9. The maximum absolute atomic E-state index is 13.5. The van der Waals surface area contributed by atoms with Gasteiger partial charge in [0.2, 0.25) is 0 Å². The normalized spacial score (nSPS) is 10.2. The van der Waals surface area contributed by atoms with E-state index in [9.17, 15) is 18.4 Å². The van der Waals surface area contributed by atoms with Gasteiger partial charge in [-0.3, -0.25) is 9.59 Å². The molecule has 0 radical (unpaired) electrons. The van der Waals surface area contributed by atoms with Gasteiger partial charge in [0, 0.05) is 12.7 Å². The van der Waals surface area contributed by atoms with Crippen molar-refractivity contribution in [2.45, 2.75) is 0 Å². The van der Waals surface area contributed by atoms with Crippen LogP contribution in [-0.4, -0.2) is 18.7 Å². The van der Waals surface area contributed by atoms with Crippen LogP contribution in [0.2, 0.25) is 0 Å². The highest BCUT2D eigenvalue weighted by Crippen LogP contribution is 2.15. The van der Waals surface area contributed by atoms with Crippen LogP contribution in [0.15, 0.2) is 48.5 Å². The van der Waals surface area contributed by atoms with Gasteiger partial charge in [0.15, 0.2) is 0 Å². The number of benzene rings is 2. The van der Waals surface area contributed by atoms with Gasteiger partial charge in [0.1, 0.15) is 11.6 Å². The summed E-state index contributed by atoms with van der Waals surface area (Å²) in [7, 11) is 1.40. The summed E-state index contributed by atoms with van der Waals surface area (Å²) < 4.78 is 26.5. The lowest BCUT2D eigenvalue weighted by molar-refractivity contribution is -0.114. The van der Waals surface area contributed by atoms with Crippen molar-refractivity contribution in [2.24, 2.45) is 0 Å². The van der Waals surface area contributed by atoms with Crippen molar-refractivity contribution in [2.75, 3.05) is 11.9 Å². The Hall–Kier alpha value is -2.56. The molecular formula is C15H11F2NO2. The average molecular weight is 275 g/mol. The topological polar surface area (TPSA) is 37.4 Å². The summed E-state index contributed by atoms with van der Waals surface area (Å²) in [5, 5.41) is 0. The summed E-state index contributed by atoms with van der Waals surface area (Å²) >= 11 is 0. The van der Waals surface area contributed by atoms with Gasteiger partial charge < -0.3 is 4.90 Å². The van der Waals surface area contributed by atoms with Crippen molar-refractivity contribution in [1.82, 2.24) is 0 Å². The van der Waals surface area contributed by atoms with Crippen molar-refractivity contribution >= 4 is 17.4 Å². The fraction of sp³-hybridized carbons (Fsp3) is 0.0667. The van der Waals surface area contributed by atoms with Gasteiger partial charge in [-0.15, -0.1) is 0 Å². The number of nitrogens with zero attached hydrogens (tertiary/aromatic N) is 1. The van der Waals surface area contributed by atoms with Crippen LogP contribution in [0.4, 0.5) is 14.5 Å². The number of halogens is 2. The van der Waals surface area contributed by atoms with E-state index in [4.69, 9.17) is 0 Å². The largest absolute Gasteiger partial charge is 0.309 e. The number of carbonyl (C=O) groups is 2. The Balaban J connectivity index is 2.29. The molecule has 2 aromatic rings. The van der Waals surface area contributed by atoms with E-state index in [0.29, 0.717) is 11.8 Å². The Labute approximate surface area is 114 Å². The van der Waals surface area contributed by atoms with Crippen molar-refractivity contribution in [1.29, 1.82) is 0 Å². The zero-order chi connectivity index (χ0) is 14.7. The molecule has 2 aromatic carbocycles. The number of hydrogen-bond donors (Lipinski definition) is 0. The molecule has 0 N–H and O–H groups in total. The van der Waals surface area contributed by atoms with Gasteiger partial charge in [-0.25, -0.2) is 8.78 Å². The summed E-state index contributed by atoms with van der Waals surface area (Å²) in [5.74, 6) is -3.72. The molecule has 0 bridgehead atoms. The summed E-state index contributed by atoms with van der Waals surface area (Å²) in [6.07, 6.45) is 0. The first-order valence-corrected chi connectivity index (χ1v) is 5.83. The minimum absolute atomic E-state index is 0.489. The Morgan fingerprint density at radius 2 is 1.65 bits per heavy atom. The molecule has 0 aliphatic carbocycles. The third-order valence-corrected chi connectivity index (χ3v) is 2.82. The summed E-state index contributed by atoms with van der Waals surface area (Å²) in [5.41, 5.74) is -0.0829. The van der Waals surface area contributed by atoms with E-state index < -0.39 is 28.9 Å². The van der Waals surface area contributed by atoms with Crippen molar-refractivity contribution < 1.29 is 18.4 Å². The highest BCUT2D eigenvalue weighted by Gasteiger charge is 2.24. The van der Waals surface area contributed by atoms with Crippen LogP contribution in [0, 0.1) is 11.6 Å². The van der Waals surface area contributed by atoms with Gasteiger partial charge in [-0.2, -0.15) is 0 Å². The fourth-order valence-electron chi connectivity index (χ4n) is 1.71. The second-order valence-corrected chi connectivity index (χ2v) is 4.15. The number of ketones is 1. The van der Waals surface area contributed by atoms with E-state index in [1.54, 1.807) is 30.3 Å². The molecule has 20 heavy (non-hydrogen) atoms. The number of carbonyl (C=O) groups excluding carboxylic acids is 2. The summed E-state index contributed by atoms with van der Waals surface area (Å²) in [6.45, 7) is 0. The Morgan fingerprint density at radius 3 is 2.30 bits per heavy atom. The molecule has 0 heterocycles. The molecule has 0 fully saturated rings. The third-order valence-electron chi connectivity index (χ3n) is 2.82. The molecule has 2 rings (SSSR count). The van der Waals surface area contributed by atoms with E-state index in [1.807, 2.05) is 0 Å².